The second-order valence-electron chi connectivity index (χ2n) is 14.7. The van der Waals surface area contributed by atoms with Crippen LogP contribution in [0.15, 0.2) is 30.3 Å². The molecular formula is C35H51N5O7. The van der Waals surface area contributed by atoms with Gasteiger partial charge >= 0.3 is 6.09 Å². The van der Waals surface area contributed by atoms with Gasteiger partial charge in [-0.2, -0.15) is 0 Å². The maximum absolute atomic E-state index is 14.2. The average Bonchev–Trinajstić information content (AvgIpc) is 3.45. The normalized spacial score (nSPS) is 22.8. The number of hydrogen-bond donors (Lipinski definition) is 4. The van der Waals surface area contributed by atoms with Crippen molar-refractivity contribution in [1.29, 1.82) is 0 Å². The minimum atomic E-state index is -1.12. The number of piperidine rings is 1. The molecule has 5 atom stereocenters. The number of ether oxygens (including phenoxy) is 1. The zero-order chi connectivity index (χ0) is 34.5. The van der Waals surface area contributed by atoms with Gasteiger partial charge in [-0.25, -0.2) is 4.79 Å². The Morgan fingerprint density at radius 1 is 0.979 bits per heavy atom. The topological polar surface area (TPSA) is 163 Å². The first-order valence-electron chi connectivity index (χ1n) is 16.9. The largest absolute Gasteiger partial charge is 0.444 e. The van der Waals surface area contributed by atoms with Gasteiger partial charge in [-0.1, -0.05) is 70.4 Å². The van der Waals surface area contributed by atoms with Crippen molar-refractivity contribution in [1.82, 2.24) is 26.2 Å². The van der Waals surface area contributed by atoms with Crippen molar-refractivity contribution in [3.05, 3.63) is 35.9 Å². The lowest BCUT2D eigenvalue weighted by Crippen LogP contribution is -2.59. The van der Waals surface area contributed by atoms with Crippen LogP contribution in [-0.2, 0) is 35.3 Å². The molecule has 12 heteroatoms. The first-order valence-corrected chi connectivity index (χ1v) is 16.9. The van der Waals surface area contributed by atoms with E-state index < -0.39 is 53.3 Å². The summed E-state index contributed by atoms with van der Waals surface area (Å²) >= 11 is 0. The van der Waals surface area contributed by atoms with Gasteiger partial charge in [0.15, 0.2) is 0 Å². The molecule has 4 rings (SSSR count). The highest BCUT2D eigenvalue weighted by Crippen LogP contribution is 2.65. The molecule has 1 heterocycles. The van der Waals surface area contributed by atoms with Crippen LogP contribution >= 0.6 is 0 Å². The smallest absolute Gasteiger partial charge is 0.408 e. The third-order valence-electron chi connectivity index (χ3n) is 9.75. The van der Waals surface area contributed by atoms with Crippen LogP contribution < -0.4 is 21.3 Å². The molecule has 0 radical (unpaired) electrons. The van der Waals surface area contributed by atoms with E-state index in [0.717, 1.165) is 31.2 Å². The lowest BCUT2D eigenvalue weighted by atomic mass is 9.94. The number of nitrogens with one attached hydrogen (secondary N) is 4. The Morgan fingerprint density at radius 2 is 1.64 bits per heavy atom. The molecule has 2 saturated carbocycles. The molecule has 4 unspecified atom stereocenters. The highest BCUT2D eigenvalue weighted by molar-refractivity contribution is 6.38. The summed E-state index contributed by atoms with van der Waals surface area (Å²) in [5.41, 5.74) is -0.0342. The summed E-state index contributed by atoms with van der Waals surface area (Å²) in [5, 5.41) is 10.7. The first-order chi connectivity index (χ1) is 22.1. The van der Waals surface area contributed by atoms with E-state index in [2.05, 4.69) is 35.1 Å². The number of carbonyl (C=O) groups is 6. The number of Topliss-reactive ketones (excluding diaryl/α,β-unsaturated/α-hetero) is 1. The van der Waals surface area contributed by atoms with Crippen LogP contribution in [0.4, 0.5) is 4.79 Å². The average molecular weight is 654 g/mol. The van der Waals surface area contributed by atoms with Crippen molar-refractivity contribution in [2.75, 3.05) is 13.1 Å². The summed E-state index contributed by atoms with van der Waals surface area (Å²) in [7, 11) is 0. The van der Waals surface area contributed by atoms with E-state index in [9.17, 15) is 28.8 Å². The predicted molar refractivity (Wildman–Crippen MR) is 175 cm³/mol. The highest BCUT2D eigenvalue weighted by Gasteiger charge is 2.69. The van der Waals surface area contributed by atoms with E-state index in [0.29, 0.717) is 13.0 Å². The number of nitrogens with zero attached hydrogens (tertiary/aromatic N) is 1. The van der Waals surface area contributed by atoms with Crippen molar-refractivity contribution in [3.63, 3.8) is 0 Å². The molecular weight excluding hydrogens is 602 g/mol. The zero-order valence-electron chi connectivity index (χ0n) is 28.5. The molecule has 0 spiro atoms. The monoisotopic (exact) mass is 653 g/mol. The minimum absolute atomic E-state index is 0.0772. The van der Waals surface area contributed by atoms with E-state index >= 15 is 0 Å². The molecule has 4 N–H and O–H groups in total. The summed E-state index contributed by atoms with van der Waals surface area (Å²) in [6.45, 7) is 11.5. The summed E-state index contributed by atoms with van der Waals surface area (Å²) in [6.07, 6.45) is 3.50. The lowest BCUT2D eigenvalue weighted by Gasteiger charge is -2.35. The van der Waals surface area contributed by atoms with Gasteiger partial charge in [0.05, 0.1) is 12.6 Å². The molecule has 5 amide bonds. The second kappa shape index (κ2) is 14.9. The minimum Gasteiger partial charge on any atom is -0.444 e. The number of likely N-dealkylation sites (tertiary alicyclic amines) is 1. The number of alkyl carbamates (subject to hydrolysis) is 1. The van der Waals surface area contributed by atoms with Gasteiger partial charge in [-0.05, 0) is 68.8 Å². The Bertz CT molecular complexity index is 1340. The van der Waals surface area contributed by atoms with Crippen LogP contribution in [0.25, 0.3) is 0 Å². The highest BCUT2D eigenvalue weighted by atomic mass is 16.6. The van der Waals surface area contributed by atoms with Crippen LogP contribution in [0.5, 0.6) is 0 Å². The standard InChI is InChI=1S/C35H51N5O7/c1-7-13-24(29(42)31(44)37-19-25(41)36-18-21-14-9-8-10-15-21)38-30(43)28-26-23(35(26,5)6)20-40(28)32(45)27(22-16-11-12-17-22)39-33(46)47-34(2,3)4/h8-10,14-15,22-24,26-28H,7,11-13,16-20H2,1-6H3,(H,36,41)(H,37,44)(H,38,43)(H,39,46)/t23?,24?,26?,27-,28?/m0/s1. The molecule has 2 aliphatic carbocycles. The van der Waals surface area contributed by atoms with Crippen LogP contribution in [-0.4, -0.2) is 77.2 Å². The van der Waals surface area contributed by atoms with Crippen molar-refractivity contribution in [2.45, 2.75) is 110 Å². The Labute approximate surface area is 277 Å². The third-order valence-corrected chi connectivity index (χ3v) is 9.75. The Hall–Kier alpha value is -3.96. The van der Waals surface area contributed by atoms with Gasteiger partial charge in [0.1, 0.15) is 17.7 Å². The van der Waals surface area contributed by atoms with Crippen LogP contribution in [0.3, 0.4) is 0 Å². The van der Waals surface area contributed by atoms with Crippen molar-refractivity contribution in [2.24, 2.45) is 23.2 Å². The zero-order valence-corrected chi connectivity index (χ0v) is 28.5. The number of ketones is 1. The molecule has 0 aromatic heterocycles. The van der Waals surface area contributed by atoms with E-state index in [4.69, 9.17) is 4.74 Å². The van der Waals surface area contributed by atoms with Crippen LogP contribution in [0.2, 0.25) is 0 Å². The van der Waals surface area contributed by atoms with Crippen molar-refractivity contribution < 1.29 is 33.5 Å². The molecule has 1 saturated heterocycles. The van der Waals surface area contributed by atoms with Crippen molar-refractivity contribution >= 4 is 35.5 Å². The number of hydrogen-bond acceptors (Lipinski definition) is 7. The molecule has 1 aromatic rings. The Balaban J connectivity index is 1.42. The summed E-state index contributed by atoms with van der Waals surface area (Å²) in [4.78, 5) is 80.9. The summed E-state index contributed by atoms with van der Waals surface area (Å²) in [5.74, 6) is -3.22. The molecule has 47 heavy (non-hydrogen) atoms. The third kappa shape index (κ3) is 8.90. The summed E-state index contributed by atoms with van der Waals surface area (Å²) < 4.78 is 5.47. The molecule has 258 valence electrons. The van der Waals surface area contributed by atoms with Gasteiger partial charge in [0.2, 0.25) is 23.5 Å². The van der Waals surface area contributed by atoms with Gasteiger partial charge in [0, 0.05) is 13.1 Å². The van der Waals surface area contributed by atoms with Crippen LogP contribution in [0.1, 0.15) is 85.6 Å². The second-order valence-corrected chi connectivity index (χ2v) is 14.7. The molecule has 3 aliphatic rings. The first kappa shape index (κ1) is 35.9. The summed E-state index contributed by atoms with van der Waals surface area (Å²) in [6, 6.07) is 6.47. The number of rotatable bonds is 13. The van der Waals surface area contributed by atoms with Gasteiger partial charge < -0.3 is 30.9 Å². The molecule has 3 fully saturated rings. The lowest BCUT2D eigenvalue weighted by molar-refractivity contribution is -0.145. The fraction of sp³-hybridized carbons (Fsp3) is 0.657. The molecule has 0 bridgehead atoms. The Morgan fingerprint density at radius 3 is 2.26 bits per heavy atom. The fourth-order valence-corrected chi connectivity index (χ4v) is 7.18. The van der Waals surface area contributed by atoms with Gasteiger partial charge in [-0.3, -0.25) is 24.0 Å². The predicted octanol–water partition coefficient (Wildman–Crippen LogP) is 2.84. The maximum Gasteiger partial charge on any atom is 0.408 e. The molecule has 12 nitrogen and oxygen atoms in total. The van der Waals surface area contributed by atoms with Crippen molar-refractivity contribution in [3.8, 4) is 0 Å². The SMILES string of the molecule is CCCC(NC(=O)C1C2C(CN1C(=O)[C@@H](NC(=O)OC(C)(C)C)C1CCCC1)C2(C)C)C(=O)C(=O)NCC(=O)NCc1ccccc1. The molecule has 1 aromatic carbocycles. The Kier molecular flexibility index (Phi) is 11.3. The fourth-order valence-electron chi connectivity index (χ4n) is 7.18. The van der Waals surface area contributed by atoms with Crippen LogP contribution in [0, 0.1) is 23.2 Å². The number of fused-ring (bicyclic) bond motifs is 1. The van der Waals surface area contributed by atoms with E-state index in [1.807, 2.05) is 37.3 Å². The number of amides is 5. The van der Waals surface area contributed by atoms with E-state index in [1.54, 1.807) is 25.7 Å². The number of carbonyl (C=O) groups excluding carboxylic acids is 6. The maximum atomic E-state index is 14.2. The van der Waals surface area contributed by atoms with E-state index in [1.165, 1.54) is 0 Å². The quantitative estimate of drug-likeness (QED) is 0.238. The number of benzene rings is 1. The van der Waals surface area contributed by atoms with Gasteiger partial charge in [-0.15, -0.1) is 0 Å². The molecule has 1 aliphatic heterocycles. The van der Waals surface area contributed by atoms with Gasteiger partial charge in [0.25, 0.3) is 5.91 Å². The van der Waals surface area contributed by atoms with E-state index in [-0.39, 0.29) is 48.6 Å².